The summed E-state index contributed by atoms with van der Waals surface area (Å²) in [4.78, 5) is 12.5. The van der Waals surface area contributed by atoms with E-state index in [0.29, 0.717) is 18.8 Å². The van der Waals surface area contributed by atoms with Crippen LogP contribution >= 0.6 is 11.8 Å². The van der Waals surface area contributed by atoms with Gasteiger partial charge in [-0.05, 0) is 6.26 Å². The van der Waals surface area contributed by atoms with E-state index in [1.807, 2.05) is 6.26 Å². The number of likely N-dealkylation sites (tertiary alicyclic amines) is 1. The molecule has 12 heavy (non-hydrogen) atoms. The fourth-order valence-corrected chi connectivity index (χ4v) is 2.06. The number of aliphatic hydroxyl groups excluding tert-OH is 1. The third kappa shape index (κ3) is 2.12. The average Bonchev–Trinajstić information content (AvgIpc) is 2.32. The van der Waals surface area contributed by atoms with Crippen molar-refractivity contribution in [3.8, 4) is 0 Å². The molecular formula is C7H13NO3S. The Morgan fingerprint density at radius 1 is 1.75 bits per heavy atom. The van der Waals surface area contributed by atoms with Crippen molar-refractivity contribution < 1.29 is 15.0 Å². The zero-order chi connectivity index (χ0) is 9.14. The van der Waals surface area contributed by atoms with Gasteiger partial charge in [-0.3, -0.25) is 9.69 Å². The molecule has 5 heteroatoms. The van der Waals surface area contributed by atoms with Gasteiger partial charge in [0.1, 0.15) is 6.04 Å². The summed E-state index contributed by atoms with van der Waals surface area (Å²) in [5, 5.41) is 18.0. The van der Waals surface area contributed by atoms with E-state index in [1.165, 1.54) is 0 Å². The maximum Gasteiger partial charge on any atom is 0.321 e. The van der Waals surface area contributed by atoms with Crippen LogP contribution in [0.4, 0.5) is 0 Å². The molecule has 1 rings (SSSR count). The molecule has 0 radical (unpaired) electrons. The van der Waals surface area contributed by atoms with Crippen molar-refractivity contribution in [3.63, 3.8) is 0 Å². The molecule has 4 nitrogen and oxygen atoms in total. The summed E-state index contributed by atoms with van der Waals surface area (Å²) >= 11 is 1.57. The number of carbonyl (C=O) groups is 1. The van der Waals surface area contributed by atoms with Crippen LogP contribution < -0.4 is 0 Å². The fourth-order valence-electron chi connectivity index (χ4n) is 1.44. The Labute approximate surface area is 75.6 Å². The van der Waals surface area contributed by atoms with E-state index in [0.717, 1.165) is 0 Å². The SMILES string of the molecule is CSCN1CC(O)CC1C(=O)O. The van der Waals surface area contributed by atoms with E-state index in [1.54, 1.807) is 16.7 Å². The monoisotopic (exact) mass is 191 g/mol. The first kappa shape index (κ1) is 9.83. The van der Waals surface area contributed by atoms with Gasteiger partial charge < -0.3 is 10.2 Å². The second kappa shape index (κ2) is 4.11. The summed E-state index contributed by atoms with van der Waals surface area (Å²) in [7, 11) is 0. The standard InChI is InChI=1S/C7H13NO3S/c1-12-4-8-3-5(9)2-6(8)7(10)11/h5-6,9H,2-4H2,1H3,(H,10,11). The largest absolute Gasteiger partial charge is 0.480 e. The summed E-state index contributed by atoms with van der Waals surface area (Å²) < 4.78 is 0. The highest BCUT2D eigenvalue weighted by atomic mass is 32.2. The molecule has 0 aromatic rings. The van der Waals surface area contributed by atoms with Crippen molar-refractivity contribution in [2.75, 3.05) is 18.7 Å². The Balaban J connectivity index is 2.53. The first-order chi connectivity index (χ1) is 5.65. The van der Waals surface area contributed by atoms with Crippen LogP contribution in [0, 0.1) is 0 Å². The maximum absolute atomic E-state index is 10.7. The van der Waals surface area contributed by atoms with Gasteiger partial charge in [-0.1, -0.05) is 0 Å². The Hall–Kier alpha value is -0.260. The van der Waals surface area contributed by atoms with Gasteiger partial charge in [0.15, 0.2) is 0 Å². The van der Waals surface area contributed by atoms with E-state index < -0.39 is 18.1 Å². The van der Waals surface area contributed by atoms with Crippen LogP contribution in [0.25, 0.3) is 0 Å². The number of rotatable bonds is 3. The fraction of sp³-hybridized carbons (Fsp3) is 0.857. The summed E-state index contributed by atoms with van der Waals surface area (Å²) in [6.07, 6.45) is 1.80. The van der Waals surface area contributed by atoms with Gasteiger partial charge in [0.25, 0.3) is 0 Å². The van der Waals surface area contributed by atoms with Crippen LogP contribution in [0.3, 0.4) is 0 Å². The Bertz CT molecular complexity index is 176. The average molecular weight is 191 g/mol. The Morgan fingerprint density at radius 2 is 2.42 bits per heavy atom. The normalized spacial score (nSPS) is 30.8. The molecular weight excluding hydrogens is 178 g/mol. The number of carboxylic acid groups (broad SMARTS) is 1. The van der Waals surface area contributed by atoms with E-state index in [9.17, 15) is 9.90 Å². The highest BCUT2D eigenvalue weighted by molar-refractivity contribution is 7.98. The molecule has 2 atom stereocenters. The van der Waals surface area contributed by atoms with Gasteiger partial charge in [0, 0.05) is 18.8 Å². The van der Waals surface area contributed by atoms with Crippen molar-refractivity contribution in [2.24, 2.45) is 0 Å². The smallest absolute Gasteiger partial charge is 0.321 e. The number of nitrogens with zero attached hydrogens (tertiary/aromatic N) is 1. The molecule has 0 amide bonds. The minimum absolute atomic E-state index is 0.357. The maximum atomic E-state index is 10.7. The Morgan fingerprint density at radius 3 is 2.92 bits per heavy atom. The minimum Gasteiger partial charge on any atom is -0.480 e. The molecule has 0 aromatic carbocycles. The number of thioether (sulfide) groups is 1. The van der Waals surface area contributed by atoms with Crippen molar-refractivity contribution in [1.82, 2.24) is 4.90 Å². The van der Waals surface area contributed by atoms with Crippen molar-refractivity contribution in [3.05, 3.63) is 0 Å². The van der Waals surface area contributed by atoms with Crippen LogP contribution in [0.15, 0.2) is 0 Å². The number of aliphatic carboxylic acids is 1. The van der Waals surface area contributed by atoms with E-state index >= 15 is 0 Å². The number of β-amino-alcohol motifs (C(OH)–C–C–N with tert-alkyl or cyclic N) is 1. The summed E-state index contributed by atoms with van der Waals surface area (Å²) in [5.74, 6) is -0.158. The van der Waals surface area contributed by atoms with Gasteiger partial charge in [-0.25, -0.2) is 0 Å². The molecule has 1 saturated heterocycles. The van der Waals surface area contributed by atoms with Crippen molar-refractivity contribution in [2.45, 2.75) is 18.6 Å². The summed E-state index contributed by atoms with van der Waals surface area (Å²) in [6, 6.07) is -0.493. The van der Waals surface area contributed by atoms with Gasteiger partial charge in [0.05, 0.1) is 6.10 Å². The zero-order valence-electron chi connectivity index (χ0n) is 6.93. The number of aliphatic hydroxyl groups is 1. The zero-order valence-corrected chi connectivity index (χ0v) is 7.75. The topological polar surface area (TPSA) is 60.8 Å². The van der Waals surface area contributed by atoms with Crippen LogP contribution in [-0.4, -0.2) is 51.9 Å². The molecule has 0 aliphatic carbocycles. The van der Waals surface area contributed by atoms with Crippen LogP contribution in [0.5, 0.6) is 0 Å². The third-order valence-electron chi connectivity index (χ3n) is 1.96. The van der Waals surface area contributed by atoms with Gasteiger partial charge in [0.2, 0.25) is 0 Å². The predicted octanol–water partition coefficient (Wildman–Crippen LogP) is -0.173. The molecule has 2 unspecified atom stereocenters. The second-order valence-electron chi connectivity index (χ2n) is 2.93. The third-order valence-corrected chi connectivity index (χ3v) is 2.55. The summed E-state index contributed by atoms with van der Waals surface area (Å²) in [5.41, 5.74) is 0. The highest BCUT2D eigenvalue weighted by Gasteiger charge is 2.35. The molecule has 1 aliphatic heterocycles. The first-order valence-corrected chi connectivity index (χ1v) is 5.18. The van der Waals surface area contributed by atoms with Gasteiger partial charge in [-0.2, -0.15) is 0 Å². The molecule has 1 aliphatic rings. The van der Waals surface area contributed by atoms with Crippen molar-refractivity contribution in [1.29, 1.82) is 0 Å². The number of hydrogen-bond acceptors (Lipinski definition) is 4. The van der Waals surface area contributed by atoms with Crippen molar-refractivity contribution >= 4 is 17.7 Å². The van der Waals surface area contributed by atoms with E-state index in [2.05, 4.69) is 0 Å². The molecule has 0 aromatic heterocycles. The molecule has 2 N–H and O–H groups in total. The lowest BCUT2D eigenvalue weighted by molar-refractivity contribution is -0.141. The minimum atomic E-state index is -0.833. The highest BCUT2D eigenvalue weighted by Crippen LogP contribution is 2.19. The molecule has 1 heterocycles. The lowest BCUT2D eigenvalue weighted by Crippen LogP contribution is -2.35. The van der Waals surface area contributed by atoms with Gasteiger partial charge >= 0.3 is 5.97 Å². The molecule has 0 bridgehead atoms. The molecule has 0 spiro atoms. The lowest BCUT2D eigenvalue weighted by Gasteiger charge is -2.18. The van der Waals surface area contributed by atoms with Crippen LogP contribution in [-0.2, 0) is 4.79 Å². The molecule has 0 saturated carbocycles. The Kier molecular flexibility index (Phi) is 3.37. The van der Waals surface area contributed by atoms with E-state index in [4.69, 9.17) is 5.11 Å². The lowest BCUT2D eigenvalue weighted by atomic mass is 10.2. The summed E-state index contributed by atoms with van der Waals surface area (Å²) in [6.45, 7) is 0.484. The molecule has 70 valence electrons. The first-order valence-electron chi connectivity index (χ1n) is 3.79. The van der Waals surface area contributed by atoms with Gasteiger partial charge in [-0.15, -0.1) is 11.8 Å². The molecule has 1 fully saturated rings. The number of hydrogen-bond donors (Lipinski definition) is 2. The predicted molar refractivity (Wildman–Crippen MR) is 47.1 cm³/mol. The number of carboxylic acids is 1. The van der Waals surface area contributed by atoms with E-state index in [-0.39, 0.29) is 0 Å². The second-order valence-corrected chi connectivity index (χ2v) is 3.77. The quantitative estimate of drug-likeness (QED) is 0.648. The van der Waals surface area contributed by atoms with Crippen LogP contribution in [0.1, 0.15) is 6.42 Å². The van der Waals surface area contributed by atoms with Crippen LogP contribution in [0.2, 0.25) is 0 Å².